The number of rotatable bonds is 7. The number of allylic oxidation sites excluding steroid dienone is 1. The quantitative estimate of drug-likeness (QED) is 0.448. The number of hydrogen-bond donors (Lipinski definition) is 2. The van der Waals surface area contributed by atoms with Crippen molar-refractivity contribution >= 4 is 11.5 Å². The minimum atomic E-state index is -0.133. The van der Waals surface area contributed by atoms with Gasteiger partial charge in [0, 0.05) is 24.3 Å². The van der Waals surface area contributed by atoms with E-state index in [0.717, 1.165) is 32.4 Å². The molecule has 1 unspecified atom stereocenters. The van der Waals surface area contributed by atoms with Crippen molar-refractivity contribution in [1.29, 1.82) is 0 Å². The Kier molecular flexibility index (Phi) is 7.01. The molecule has 140 valence electrons. The zero-order valence-corrected chi connectivity index (χ0v) is 15.6. The van der Waals surface area contributed by atoms with Gasteiger partial charge in [-0.05, 0) is 31.8 Å². The van der Waals surface area contributed by atoms with E-state index in [0.29, 0.717) is 23.8 Å². The largest absolute Gasteiger partial charge is 0.401 e. The second-order valence-electron chi connectivity index (χ2n) is 7.37. The Morgan fingerprint density at radius 1 is 1.44 bits per heavy atom. The van der Waals surface area contributed by atoms with Crippen molar-refractivity contribution in [3.8, 4) is 0 Å². The van der Waals surface area contributed by atoms with Gasteiger partial charge < -0.3 is 20.9 Å². The number of nitrogens with zero attached hydrogens (tertiary/aromatic N) is 3. The van der Waals surface area contributed by atoms with Crippen LogP contribution in [0.2, 0.25) is 0 Å². The van der Waals surface area contributed by atoms with Gasteiger partial charge in [0.05, 0.1) is 19.0 Å². The highest BCUT2D eigenvalue weighted by Gasteiger charge is 2.14. The van der Waals surface area contributed by atoms with E-state index in [1.54, 1.807) is 12.3 Å². The fourth-order valence-electron chi connectivity index (χ4n) is 2.37. The average Bonchev–Trinajstić information content (AvgIpc) is 2.99. The minimum absolute atomic E-state index is 0.0357. The molecule has 1 aromatic heterocycles. The lowest BCUT2D eigenvalue weighted by Crippen LogP contribution is -2.23. The van der Waals surface area contributed by atoms with E-state index in [9.17, 15) is 0 Å². The van der Waals surface area contributed by atoms with E-state index in [4.69, 9.17) is 20.9 Å². The standard InChI is InChI=1S/C18H31N5O2/c1-18(2,3)15(19)11-16(20)22-14-12-21-23(13-14)8-6-10-25-17-7-4-5-9-24-17/h11-13,17H,4-10,19H2,1-3H3,(H2,20,22). The maximum atomic E-state index is 6.01. The summed E-state index contributed by atoms with van der Waals surface area (Å²) in [6, 6.07) is 0. The topological polar surface area (TPSA) is 101 Å². The highest BCUT2D eigenvalue weighted by molar-refractivity contribution is 5.93. The van der Waals surface area contributed by atoms with E-state index >= 15 is 0 Å². The van der Waals surface area contributed by atoms with Crippen LogP contribution in [0.3, 0.4) is 0 Å². The Morgan fingerprint density at radius 2 is 2.24 bits per heavy atom. The summed E-state index contributed by atoms with van der Waals surface area (Å²) in [5.41, 5.74) is 13.2. The Bertz CT molecular complexity index is 595. The maximum absolute atomic E-state index is 6.01. The molecule has 0 bridgehead atoms. The molecule has 1 aliphatic rings. The molecule has 0 saturated carbocycles. The van der Waals surface area contributed by atoms with Gasteiger partial charge in [-0.1, -0.05) is 20.8 Å². The van der Waals surface area contributed by atoms with E-state index < -0.39 is 0 Å². The second kappa shape index (κ2) is 9.01. The first-order chi connectivity index (χ1) is 11.8. The van der Waals surface area contributed by atoms with Crippen LogP contribution in [0.5, 0.6) is 0 Å². The van der Waals surface area contributed by atoms with Crippen LogP contribution in [0.15, 0.2) is 29.2 Å². The first-order valence-corrected chi connectivity index (χ1v) is 8.92. The second-order valence-corrected chi connectivity index (χ2v) is 7.37. The number of aromatic nitrogens is 2. The summed E-state index contributed by atoms with van der Waals surface area (Å²) in [5, 5.41) is 4.30. The Labute approximate surface area is 150 Å². The summed E-state index contributed by atoms with van der Waals surface area (Å²) >= 11 is 0. The molecule has 1 fully saturated rings. The summed E-state index contributed by atoms with van der Waals surface area (Å²) in [6.45, 7) is 8.33. The van der Waals surface area contributed by atoms with Gasteiger partial charge in [0.2, 0.25) is 0 Å². The van der Waals surface area contributed by atoms with Gasteiger partial charge in [-0.3, -0.25) is 4.68 Å². The normalized spacial score (nSPS) is 20.0. The van der Waals surface area contributed by atoms with Crippen LogP contribution in [0, 0.1) is 5.41 Å². The molecule has 1 aliphatic heterocycles. The van der Waals surface area contributed by atoms with Crippen molar-refractivity contribution in [1.82, 2.24) is 9.78 Å². The van der Waals surface area contributed by atoms with Crippen LogP contribution in [-0.4, -0.2) is 35.1 Å². The van der Waals surface area contributed by atoms with Gasteiger partial charge in [-0.25, -0.2) is 4.99 Å². The lowest BCUT2D eigenvalue weighted by Gasteiger charge is -2.22. The molecule has 1 saturated heterocycles. The summed E-state index contributed by atoms with van der Waals surface area (Å²) in [6.07, 6.45) is 9.41. The molecule has 2 heterocycles. The predicted molar refractivity (Wildman–Crippen MR) is 99.4 cm³/mol. The summed E-state index contributed by atoms with van der Waals surface area (Å²) < 4.78 is 13.1. The number of aliphatic imine (C=N–C) groups is 1. The number of nitrogens with two attached hydrogens (primary N) is 2. The lowest BCUT2D eigenvalue weighted by molar-refractivity contribution is -0.163. The van der Waals surface area contributed by atoms with Crippen LogP contribution in [-0.2, 0) is 16.0 Å². The van der Waals surface area contributed by atoms with Crippen molar-refractivity contribution < 1.29 is 9.47 Å². The number of hydrogen-bond acceptors (Lipinski definition) is 5. The zero-order chi connectivity index (χ0) is 18.3. The Hall–Kier alpha value is -1.86. The predicted octanol–water partition coefficient (Wildman–Crippen LogP) is 2.69. The highest BCUT2D eigenvalue weighted by Crippen LogP contribution is 2.20. The molecule has 2 rings (SSSR count). The minimum Gasteiger partial charge on any atom is -0.401 e. The molecule has 4 N–H and O–H groups in total. The fraction of sp³-hybridized carbons (Fsp3) is 0.667. The molecule has 0 aliphatic carbocycles. The molecule has 7 heteroatoms. The molecule has 25 heavy (non-hydrogen) atoms. The molecule has 0 spiro atoms. The highest BCUT2D eigenvalue weighted by atomic mass is 16.7. The van der Waals surface area contributed by atoms with Gasteiger partial charge in [-0.15, -0.1) is 0 Å². The van der Waals surface area contributed by atoms with Crippen molar-refractivity contribution in [2.45, 2.75) is 59.3 Å². The van der Waals surface area contributed by atoms with Gasteiger partial charge in [0.1, 0.15) is 11.5 Å². The Morgan fingerprint density at radius 3 is 2.92 bits per heavy atom. The van der Waals surface area contributed by atoms with Gasteiger partial charge in [-0.2, -0.15) is 5.10 Å². The third-order valence-electron chi connectivity index (χ3n) is 4.02. The van der Waals surface area contributed by atoms with Crippen molar-refractivity contribution in [3.05, 3.63) is 24.2 Å². The fourth-order valence-corrected chi connectivity index (χ4v) is 2.37. The molecule has 7 nitrogen and oxygen atoms in total. The van der Waals surface area contributed by atoms with Crippen LogP contribution in [0.1, 0.15) is 46.5 Å². The lowest BCUT2D eigenvalue weighted by atomic mass is 9.92. The van der Waals surface area contributed by atoms with E-state index in [1.807, 2.05) is 31.6 Å². The Balaban J connectivity index is 1.78. The van der Waals surface area contributed by atoms with E-state index in [1.165, 1.54) is 6.42 Å². The molecule has 1 atom stereocenters. The first kappa shape index (κ1) is 19.5. The maximum Gasteiger partial charge on any atom is 0.157 e. The molecule has 0 amide bonds. The van der Waals surface area contributed by atoms with Crippen LogP contribution < -0.4 is 11.5 Å². The summed E-state index contributed by atoms with van der Waals surface area (Å²) in [7, 11) is 0. The third kappa shape index (κ3) is 6.88. The molecular formula is C18H31N5O2. The molecule has 0 radical (unpaired) electrons. The van der Waals surface area contributed by atoms with Crippen LogP contribution in [0.4, 0.5) is 5.69 Å². The third-order valence-corrected chi connectivity index (χ3v) is 4.02. The SMILES string of the molecule is CC(C)(C)C(N)=CC(N)=Nc1cnn(CCCOC2CCCCO2)c1. The van der Waals surface area contributed by atoms with Gasteiger partial charge >= 0.3 is 0 Å². The average molecular weight is 349 g/mol. The summed E-state index contributed by atoms with van der Waals surface area (Å²) in [5.74, 6) is 0.379. The van der Waals surface area contributed by atoms with Crippen molar-refractivity contribution in [3.63, 3.8) is 0 Å². The van der Waals surface area contributed by atoms with Crippen molar-refractivity contribution in [2.24, 2.45) is 21.9 Å². The van der Waals surface area contributed by atoms with Gasteiger partial charge in [0.25, 0.3) is 0 Å². The zero-order valence-electron chi connectivity index (χ0n) is 15.6. The van der Waals surface area contributed by atoms with Crippen molar-refractivity contribution in [2.75, 3.05) is 13.2 Å². The summed E-state index contributed by atoms with van der Waals surface area (Å²) in [4.78, 5) is 4.34. The molecular weight excluding hydrogens is 318 g/mol. The smallest absolute Gasteiger partial charge is 0.157 e. The number of aryl methyl sites for hydroxylation is 1. The first-order valence-electron chi connectivity index (χ1n) is 8.92. The van der Waals surface area contributed by atoms with Crippen LogP contribution in [0.25, 0.3) is 0 Å². The monoisotopic (exact) mass is 349 g/mol. The van der Waals surface area contributed by atoms with E-state index in [2.05, 4.69) is 10.1 Å². The van der Waals surface area contributed by atoms with Gasteiger partial charge in [0.15, 0.2) is 6.29 Å². The van der Waals surface area contributed by atoms with Crippen LogP contribution >= 0.6 is 0 Å². The number of amidine groups is 1. The molecule has 1 aromatic rings. The van der Waals surface area contributed by atoms with E-state index in [-0.39, 0.29) is 11.7 Å². The molecule has 0 aromatic carbocycles. The number of ether oxygens (including phenoxy) is 2.